The molecule has 2 aromatic carbocycles. The zero-order valence-electron chi connectivity index (χ0n) is 11.7. The van der Waals surface area contributed by atoms with Gasteiger partial charge in [-0.05, 0) is 52.0 Å². The lowest BCUT2D eigenvalue weighted by Gasteiger charge is -2.51. The monoisotopic (exact) mass is 251 g/mol. The summed E-state index contributed by atoms with van der Waals surface area (Å²) in [5.41, 5.74) is 9.73. The van der Waals surface area contributed by atoms with Crippen molar-refractivity contribution in [2.45, 2.75) is 44.6 Å². The Kier molecular flexibility index (Phi) is 2.18. The minimum atomic E-state index is 0.332. The van der Waals surface area contributed by atoms with E-state index in [9.17, 15) is 0 Å². The highest BCUT2D eigenvalue weighted by Crippen LogP contribution is 2.59. The highest BCUT2D eigenvalue weighted by Gasteiger charge is 2.48. The van der Waals surface area contributed by atoms with Gasteiger partial charge in [0.15, 0.2) is 0 Å². The van der Waals surface area contributed by atoms with E-state index < -0.39 is 0 Å². The van der Waals surface area contributed by atoms with E-state index in [0.29, 0.717) is 23.3 Å². The predicted octanol–water partition coefficient (Wildman–Crippen LogP) is 4.17. The summed E-state index contributed by atoms with van der Waals surface area (Å²) in [7, 11) is 0. The Morgan fingerprint density at radius 3 is 2.00 bits per heavy atom. The zero-order valence-corrected chi connectivity index (χ0v) is 11.7. The number of rotatable bonds is 0. The van der Waals surface area contributed by atoms with Crippen LogP contribution in [0.3, 0.4) is 0 Å². The summed E-state index contributed by atoms with van der Waals surface area (Å²) < 4.78 is 0. The van der Waals surface area contributed by atoms with Gasteiger partial charge in [-0.15, -0.1) is 0 Å². The molecule has 0 heterocycles. The molecule has 0 amide bonds. The fraction of sp³-hybridized carbons (Fsp3) is 0.444. The van der Waals surface area contributed by atoms with Crippen molar-refractivity contribution in [2.24, 2.45) is 11.1 Å². The number of hydrogen-bond acceptors (Lipinski definition) is 1. The van der Waals surface area contributed by atoms with Crippen LogP contribution in [0.15, 0.2) is 36.4 Å². The molecule has 2 N–H and O–H groups in total. The molecule has 1 unspecified atom stereocenters. The SMILES string of the molecule is CC1(C)[C@@H]2CC(N)C[C@H]1c1cccc3cccc2c13. The maximum Gasteiger partial charge on any atom is 0.00508 e. The molecule has 1 heteroatoms. The Labute approximate surface area is 114 Å². The first-order chi connectivity index (χ1) is 9.09. The molecule has 2 aliphatic carbocycles. The van der Waals surface area contributed by atoms with Gasteiger partial charge >= 0.3 is 0 Å². The third-order valence-corrected chi connectivity index (χ3v) is 5.59. The van der Waals surface area contributed by atoms with E-state index in [1.165, 1.54) is 21.9 Å². The Hall–Kier alpha value is -1.34. The van der Waals surface area contributed by atoms with E-state index in [4.69, 9.17) is 5.73 Å². The third-order valence-electron chi connectivity index (χ3n) is 5.59. The molecule has 0 aromatic heterocycles. The average molecular weight is 251 g/mol. The normalized spacial score (nSPS) is 31.4. The molecule has 1 fully saturated rings. The van der Waals surface area contributed by atoms with Crippen molar-refractivity contribution in [1.82, 2.24) is 0 Å². The van der Waals surface area contributed by atoms with Gasteiger partial charge in [0.25, 0.3) is 0 Å². The second kappa shape index (κ2) is 3.61. The van der Waals surface area contributed by atoms with Gasteiger partial charge in [0.2, 0.25) is 0 Å². The van der Waals surface area contributed by atoms with Crippen LogP contribution in [0.1, 0.15) is 49.7 Å². The van der Waals surface area contributed by atoms with Crippen molar-refractivity contribution in [1.29, 1.82) is 0 Å². The predicted molar refractivity (Wildman–Crippen MR) is 80.4 cm³/mol. The molecule has 0 radical (unpaired) electrons. The standard InChI is InChI=1S/C18H21N/c1-18(2)15-9-12(19)10-16(18)14-8-4-6-11-5-3-7-13(15)17(11)14/h3-8,12,15-16H,9-10,19H2,1-2H3/t12?,15-,16+. The summed E-state index contributed by atoms with van der Waals surface area (Å²) in [6.07, 6.45) is 2.27. The van der Waals surface area contributed by atoms with Crippen molar-refractivity contribution in [3.8, 4) is 0 Å². The molecule has 19 heavy (non-hydrogen) atoms. The van der Waals surface area contributed by atoms with Gasteiger partial charge < -0.3 is 5.73 Å². The number of benzene rings is 2. The number of hydrogen-bond donors (Lipinski definition) is 1. The van der Waals surface area contributed by atoms with Crippen LogP contribution in [-0.4, -0.2) is 6.04 Å². The van der Waals surface area contributed by atoms with Gasteiger partial charge in [-0.1, -0.05) is 50.2 Å². The number of fused-ring (bicyclic) bond motifs is 4. The molecule has 3 atom stereocenters. The Bertz CT molecular complexity index is 605. The molecule has 0 saturated heterocycles. The van der Waals surface area contributed by atoms with E-state index in [1.54, 1.807) is 0 Å². The summed E-state index contributed by atoms with van der Waals surface area (Å²) in [6, 6.07) is 13.9. The van der Waals surface area contributed by atoms with E-state index >= 15 is 0 Å². The summed E-state index contributed by atoms with van der Waals surface area (Å²) in [5, 5.41) is 2.92. The molecule has 2 bridgehead atoms. The Balaban J connectivity index is 2.10. The zero-order chi connectivity index (χ0) is 13.2. The van der Waals surface area contributed by atoms with E-state index in [-0.39, 0.29) is 0 Å². The summed E-state index contributed by atoms with van der Waals surface area (Å²) in [4.78, 5) is 0. The van der Waals surface area contributed by atoms with Crippen LogP contribution in [0, 0.1) is 5.41 Å². The highest BCUT2D eigenvalue weighted by molar-refractivity contribution is 5.91. The van der Waals surface area contributed by atoms with Gasteiger partial charge in [0.1, 0.15) is 0 Å². The minimum absolute atomic E-state index is 0.332. The first-order valence-electron chi connectivity index (χ1n) is 7.36. The molecule has 0 spiro atoms. The molecule has 0 aliphatic heterocycles. The van der Waals surface area contributed by atoms with E-state index in [1.807, 2.05) is 0 Å². The first kappa shape index (κ1) is 11.5. The van der Waals surface area contributed by atoms with Crippen LogP contribution < -0.4 is 5.73 Å². The second-order valence-electron chi connectivity index (χ2n) is 6.95. The Morgan fingerprint density at radius 1 is 0.947 bits per heavy atom. The largest absolute Gasteiger partial charge is 0.328 e. The van der Waals surface area contributed by atoms with Gasteiger partial charge in [-0.3, -0.25) is 0 Å². The lowest BCUT2D eigenvalue weighted by Crippen LogP contribution is -2.44. The van der Waals surface area contributed by atoms with Gasteiger partial charge in [-0.25, -0.2) is 0 Å². The second-order valence-corrected chi connectivity index (χ2v) is 6.95. The number of nitrogens with two attached hydrogens (primary N) is 1. The smallest absolute Gasteiger partial charge is 0.00508 e. The van der Waals surface area contributed by atoms with Crippen molar-refractivity contribution in [3.63, 3.8) is 0 Å². The molecule has 1 saturated carbocycles. The fourth-order valence-electron chi connectivity index (χ4n) is 4.59. The van der Waals surface area contributed by atoms with Crippen molar-refractivity contribution in [3.05, 3.63) is 47.5 Å². The molecular weight excluding hydrogens is 230 g/mol. The summed E-state index contributed by atoms with van der Waals surface area (Å²) in [6.45, 7) is 4.87. The minimum Gasteiger partial charge on any atom is -0.328 e. The van der Waals surface area contributed by atoms with Crippen LogP contribution >= 0.6 is 0 Å². The maximum absolute atomic E-state index is 6.33. The molecule has 2 aliphatic rings. The maximum atomic E-state index is 6.33. The quantitative estimate of drug-likeness (QED) is 0.747. The van der Waals surface area contributed by atoms with Gasteiger partial charge in [0.05, 0.1) is 0 Å². The van der Waals surface area contributed by atoms with Gasteiger partial charge in [0, 0.05) is 6.04 Å². The lowest BCUT2D eigenvalue weighted by molar-refractivity contribution is 0.141. The molecule has 1 nitrogen and oxygen atoms in total. The van der Waals surface area contributed by atoms with Crippen LogP contribution in [0.25, 0.3) is 10.8 Å². The van der Waals surface area contributed by atoms with Crippen molar-refractivity contribution < 1.29 is 0 Å². The van der Waals surface area contributed by atoms with Crippen LogP contribution in [0.5, 0.6) is 0 Å². The molecular formula is C18H21N. The van der Waals surface area contributed by atoms with Crippen molar-refractivity contribution in [2.75, 3.05) is 0 Å². The first-order valence-corrected chi connectivity index (χ1v) is 7.36. The van der Waals surface area contributed by atoms with Crippen LogP contribution in [0.4, 0.5) is 0 Å². The van der Waals surface area contributed by atoms with Crippen LogP contribution in [-0.2, 0) is 0 Å². The van der Waals surface area contributed by atoms with Crippen molar-refractivity contribution >= 4 is 10.8 Å². The summed E-state index contributed by atoms with van der Waals surface area (Å²) in [5.74, 6) is 1.22. The fourth-order valence-corrected chi connectivity index (χ4v) is 4.59. The summed E-state index contributed by atoms with van der Waals surface area (Å²) >= 11 is 0. The van der Waals surface area contributed by atoms with E-state index in [2.05, 4.69) is 50.2 Å². The highest BCUT2D eigenvalue weighted by atomic mass is 14.7. The third kappa shape index (κ3) is 1.40. The van der Waals surface area contributed by atoms with Gasteiger partial charge in [-0.2, -0.15) is 0 Å². The average Bonchev–Trinajstić information content (AvgIpc) is 2.38. The Morgan fingerprint density at radius 2 is 1.47 bits per heavy atom. The molecule has 2 aromatic rings. The molecule has 4 rings (SSSR count). The topological polar surface area (TPSA) is 26.0 Å². The lowest BCUT2D eigenvalue weighted by atomic mass is 9.53. The van der Waals surface area contributed by atoms with Crippen LogP contribution in [0.2, 0.25) is 0 Å². The molecule has 98 valence electrons. The van der Waals surface area contributed by atoms with E-state index in [0.717, 1.165) is 12.8 Å².